The van der Waals surface area contributed by atoms with Crippen molar-refractivity contribution in [3.8, 4) is 0 Å². The summed E-state index contributed by atoms with van der Waals surface area (Å²) in [6.45, 7) is 7.55. The summed E-state index contributed by atoms with van der Waals surface area (Å²) < 4.78 is 0. The molecule has 1 saturated heterocycles. The number of piperidine rings is 1. The van der Waals surface area contributed by atoms with Crippen molar-refractivity contribution in [3.05, 3.63) is 0 Å². The smallest absolute Gasteiger partial charge is 0.225 e. The van der Waals surface area contributed by atoms with Crippen LogP contribution in [0.4, 0.5) is 0 Å². The zero-order valence-corrected chi connectivity index (χ0v) is 12.7. The summed E-state index contributed by atoms with van der Waals surface area (Å²) >= 11 is 0. The van der Waals surface area contributed by atoms with Gasteiger partial charge in [0.2, 0.25) is 5.91 Å². The normalized spacial score (nSPS) is 32.0. The van der Waals surface area contributed by atoms with Crippen molar-refractivity contribution in [2.24, 2.45) is 11.8 Å². The molecule has 1 heterocycles. The van der Waals surface area contributed by atoms with Gasteiger partial charge in [0.25, 0.3) is 0 Å². The third kappa shape index (κ3) is 3.95. The Morgan fingerprint density at radius 2 is 1.95 bits per heavy atom. The number of carbonyl (C=O) groups excluding carboxylic acids is 1. The molecule has 0 aromatic heterocycles. The van der Waals surface area contributed by atoms with Crippen LogP contribution in [0.5, 0.6) is 0 Å². The second-order valence-electron chi connectivity index (χ2n) is 6.49. The molecule has 1 unspecified atom stereocenters. The fourth-order valence-electron chi connectivity index (χ4n) is 3.55. The zero-order valence-electron chi connectivity index (χ0n) is 12.7. The minimum Gasteiger partial charge on any atom is -0.338 e. The maximum atomic E-state index is 12.8. The van der Waals surface area contributed by atoms with Crippen molar-refractivity contribution in [1.82, 2.24) is 10.2 Å². The van der Waals surface area contributed by atoms with Crippen molar-refractivity contribution in [3.63, 3.8) is 0 Å². The number of hydrogen-bond acceptors (Lipinski definition) is 2. The molecule has 1 aliphatic carbocycles. The van der Waals surface area contributed by atoms with Gasteiger partial charge in [0.1, 0.15) is 0 Å². The summed E-state index contributed by atoms with van der Waals surface area (Å²) in [4.78, 5) is 15.0. The highest BCUT2D eigenvalue weighted by Crippen LogP contribution is 2.30. The minimum absolute atomic E-state index is 0.310. The molecule has 0 radical (unpaired) electrons. The van der Waals surface area contributed by atoms with Gasteiger partial charge in [0, 0.05) is 25.0 Å². The number of rotatable bonds is 4. The lowest BCUT2D eigenvalue weighted by molar-refractivity contribution is -0.139. The Balaban J connectivity index is 1.95. The first kappa shape index (κ1) is 14.8. The average Bonchev–Trinajstić information content (AvgIpc) is 2.46. The average molecular weight is 266 g/mol. The standard InChI is InChI=1S/C16H30N2O/c1-3-11-18(15-5-4-10-17-12-15)16(19)14-8-6-13(2)7-9-14/h13-15,17H,3-12H2,1-2H3. The molecule has 0 aromatic carbocycles. The van der Waals surface area contributed by atoms with Crippen molar-refractivity contribution in [1.29, 1.82) is 0 Å². The van der Waals surface area contributed by atoms with Gasteiger partial charge in [-0.3, -0.25) is 4.79 Å². The van der Waals surface area contributed by atoms with Crippen LogP contribution in [-0.2, 0) is 4.79 Å². The van der Waals surface area contributed by atoms with Crippen LogP contribution in [0.1, 0.15) is 58.8 Å². The topological polar surface area (TPSA) is 32.3 Å². The van der Waals surface area contributed by atoms with Crippen molar-refractivity contribution >= 4 is 5.91 Å². The first-order valence-electron chi connectivity index (χ1n) is 8.23. The van der Waals surface area contributed by atoms with Gasteiger partial charge in [-0.1, -0.05) is 13.8 Å². The van der Waals surface area contributed by atoms with E-state index < -0.39 is 0 Å². The van der Waals surface area contributed by atoms with Gasteiger partial charge in [0.05, 0.1) is 0 Å². The molecule has 2 rings (SSSR count). The summed E-state index contributed by atoms with van der Waals surface area (Å²) in [5.74, 6) is 1.58. The predicted octanol–water partition coefficient (Wildman–Crippen LogP) is 2.80. The summed E-state index contributed by atoms with van der Waals surface area (Å²) in [7, 11) is 0. The lowest BCUT2D eigenvalue weighted by Gasteiger charge is -2.38. The monoisotopic (exact) mass is 266 g/mol. The Bertz CT molecular complexity index is 278. The van der Waals surface area contributed by atoms with E-state index in [1.165, 1.54) is 25.7 Å². The van der Waals surface area contributed by atoms with E-state index in [9.17, 15) is 4.79 Å². The summed E-state index contributed by atoms with van der Waals surface area (Å²) in [6, 6.07) is 0.445. The van der Waals surface area contributed by atoms with Crippen LogP contribution in [0.25, 0.3) is 0 Å². The first-order valence-corrected chi connectivity index (χ1v) is 8.23. The Hall–Kier alpha value is -0.570. The molecule has 3 heteroatoms. The van der Waals surface area contributed by atoms with Gasteiger partial charge < -0.3 is 10.2 Å². The fraction of sp³-hybridized carbons (Fsp3) is 0.938. The SMILES string of the molecule is CCCN(C(=O)C1CCC(C)CC1)C1CCCNC1. The number of hydrogen-bond donors (Lipinski definition) is 1. The Morgan fingerprint density at radius 1 is 1.21 bits per heavy atom. The summed E-state index contributed by atoms with van der Waals surface area (Å²) in [6.07, 6.45) is 8.16. The zero-order chi connectivity index (χ0) is 13.7. The number of nitrogens with one attached hydrogen (secondary N) is 1. The third-order valence-corrected chi connectivity index (χ3v) is 4.82. The molecule has 1 aliphatic heterocycles. The molecule has 3 nitrogen and oxygen atoms in total. The molecule has 2 aliphatic rings. The van der Waals surface area contributed by atoms with Crippen LogP contribution < -0.4 is 5.32 Å². The second-order valence-corrected chi connectivity index (χ2v) is 6.49. The Kier molecular flexibility index (Phi) is 5.68. The van der Waals surface area contributed by atoms with E-state index in [1.54, 1.807) is 0 Å². The second kappa shape index (κ2) is 7.28. The maximum absolute atomic E-state index is 12.8. The van der Waals surface area contributed by atoms with Crippen molar-refractivity contribution < 1.29 is 4.79 Å². The predicted molar refractivity (Wildman–Crippen MR) is 79.0 cm³/mol. The van der Waals surface area contributed by atoms with Gasteiger partial charge in [-0.2, -0.15) is 0 Å². The molecule has 1 saturated carbocycles. The molecular formula is C16H30N2O. The Labute approximate surface area is 118 Å². The van der Waals surface area contributed by atoms with Gasteiger partial charge in [-0.05, 0) is 57.4 Å². The van der Waals surface area contributed by atoms with E-state index >= 15 is 0 Å². The molecule has 19 heavy (non-hydrogen) atoms. The van der Waals surface area contributed by atoms with E-state index in [0.29, 0.717) is 17.9 Å². The van der Waals surface area contributed by atoms with Crippen LogP contribution in [0.2, 0.25) is 0 Å². The Morgan fingerprint density at radius 3 is 2.53 bits per heavy atom. The lowest BCUT2D eigenvalue weighted by atomic mass is 9.82. The van der Waals surface area contributed by atoms with Crippen molar-refractivity contribution in [2.45, 2.75) is 64.8 Å². The van der Waals surface area contributed by atoms with Gasteiger partial charge in [-0.25, -0.2) is 0 Å². The van der Waals surface area contributed by atoms with E-state index in [1.807, 2.05) is 0 Å². The number of amides is 1. The lowest BCUT2D eigenvalue weighted by Crippen LogP contribution is -2.51. The molecule has 1 amide bonds. The molecule has 0 spiro atoms. The molecule has 0 aromatic rings. The van der Waals surface area contributed by atoms with Crippen LogP contribution in [0, 0.1) is 11.8 Å². The van der Waals surface area contributed by atoms with Crippen molar-refractivity contribution in [2.75, 3.05) is 19.6 Å². The largest absolute Gasteiger partial charge is 0.338 e. The van der Waals surface area contributed by atoms with Crippen LogP contribution >= 0.6 is 0 Å². The van der Waals surface area contributed by atoms with Gasteiger partial charge >= 0.3 is 0 Å². The van der Waals surface area contributed by atoms with Gasteiger partial charge in [-0.15, -0.1) is 0 Å². The number of carbonyl (C=O) groups is 1. The quantitative estimate of drug-likeness (QED) is 0.848. The third-order valence-electron chi connectivity index (χ3n) is 4.82. The molecule has 2 fully saturated rings. The first-order chi connectivity index (χ1) is 9.22. The van der Waals surface area contributed by atoms with E-state index in [2.05, 4.69) is 24.1 Å². The summed E-state index contributed by atoms with van der Waals surface area (Å²) in [5.41, 5.74) is 0. The van der Waals surface area contributed by atoms with Crippen LogP contribution in [0.3, 0.4) is 0 Å². The highest BCUT2D eigenvalue weighted by molar-refractivity contribution is 5.79. The van der Waals surface area contributed by atoms with Crippen LogP contribution in [-0.4, -0.2) is 36.5 Å². The summed E-state index contributed by atoms with van der Waals surface area (Å²) in [5, 5.41) is 3.44. The molecule has 110 valence electrons. The van der Waals surface area contributed by atoms with E-state index in [4.69, 9.17) is 0 Å². The molecule has 0 bridgehead atoms. The van der Waals surface area contributed by atoms with Crippen LogP contribution in [0.15, 0.2) is 0 Å². The molecular weight excluding hydrogens is 236 g/mol. The van der Waals surface area contributed by atoms with E-state index in [0.717, 1.165) is 44.8 Å². The maximum Gasteiger partial charge on any atom is 0.225 e. The van der Waals surface area contributed by atoms with E-state index in [-0.39, 0.29) is 0 Å². The highest BCUT2D eigenvalue weighted by atomic mass is 16.2. The molecule has 1 atom stereocenters. The fourth-order valence-corrected chi connectivity index (χ4v) is 3.55. The van der Waals surface area contributed by atoms with Gasteiger partial charge in [0.15, 0.2) is 0 Å². The highest BCUT2D eigenvalue weighted by Gasteiger charge is 2.31. The minimum atomic E-state index is 0.310. The number of nitrogens with zero attached hydrogens (tertiary/aromatic N) is 1. The molecule has 1 N–H and O–H groups in total.